The number of aliphatic carboxylic acids is 1. The molecule has 0 saturated carbocycles. The van der Waals surface area contributed by atoms with Gasteiger partial charge in [0.1, 0.15) is 0 Å². The predicted molar refractivity (Wildman–Crippen MR) is 82.2 cm³/mol. The molecule has 0 unspecified atom stereocenters. The first-order valence-corrected chi connectivity index (χ1v) is 7.31. The second kappa shape index (κ2) is 7.01. The minimum atomic E-state index is -0.929. The van der Waals surface area contributed by atoms with Crippen LogP contribution in [-0.2, 0) is 11.3 Å². The molecule has 0 aliphatic rings. The second-order valence-corrected chi connectivity index (χ2v) is 5.55. The normalized spacial score (nSPS) is 10.3. The molecule has 2 rings (SSSR count). The number of carboxylic acid groups (broad SMARTS) is 1. The molecule has 6 heteroatoms. The Balaban J connectivity index is 2.03. The summed E-state index contributed by atoms with van der Waals surface area (Å²) in [6.45, 7) is 0.633. The van der Waals surface area contributed by atoms with Crippen molar-refractivity contribution in [2.45, 2.75) is 13.0 Å². The van der Waals surface area contributed by atoms with E-state index in [1.807, 2.05) is 30.3 Å². The van der Waals surface area contributed by atoms with Crippen LogP contribution in [0.4, 0.5) is 0 Å². The standard InChI is InChI=1S/C15H16N2O3S/c16-9-10-1-3-11(4-2-10)12-5-6-13(21-12)15(20)17-8-7-14(18)19/h1-6H,7-9,16H2,(H,17,20)(H,18,19). The van der Waals surface area contributed by atoms with Gasteiger partial charge in [0, 0.05) is 18.0 Å². The molecule has 0 bridgehead atoms. The van der Waals surface area contributed by atoms with Crippen molar-refractivity contribution in [3.05, 3.63) is 46.8 Å². The highest BCUT2D eigenvalue weighted by Gasteiger charge is 2.10. The maximum absolute atomic E-state index is 11.9. The minimum absolute atomic E-state index is 0.0788. The summed E-state index contributed by atoms with van der Waals surface area (Å²) >= 11 is 1.38. The van der Waals surface area contributed by atoms with E-state index in [1.165, 1.54) is 11.3 Å². The maximum Gasteiger partial charge on any atom is 0.305 e. The van der Waals surface area contributed by atoms with Crippen LogP contribution < -0.4 is 11.1 Å². The van der Waals surface area contributed by atoms with Crippen molar-refractivity contribution in [2.24, 2.45) is 5.73 Å². The molecule has 0 spiro atoms. The van der Waals surface area contributed by atoms with Crippen molar-refractivity contribution >= 4 is 23.2 Å². The summed E-state index contributed by atoms with van der Waals surface area (Å²) in [5.74, 6) is -1.17. The van der Waals surface area contributed by atoms with Gasteiger partial charge in [-0.05, 0) is 23.3 Å². The molecule has 0 atom stereocenters. The van der Waals surface area contributed by atoms with E-state index in [4.69, 9.17) is 10.8 Å². The summed E-state index contributed by atoms with van der Waals surface area (Å²) in [7, 11) is 0. The number of hydrogen-bond donors (Lipinski definition) is 3. The van der Waals surface area contributed by atoms with Crippen molar-refractivity contribution in [3.63, 3.8) is 0 Å². The van der Waals surface area contributed by atoms with E-state index in [0.29, 0.717) is 11.4 Å². The molecule has 1 heterocycles. The number of nitrogens with two attached hydrogens (primary N) is 1. The van der Waals surface area contributed by atoms with E-state index < -0.39 is 5.97 Å². The van der Waals surface area contributed by atoms with Gasteiger partial charge in [-0.2, -0.15) is 0 Å². The molecule has 0 fully saturated rings. The van der Waals surface area contributed by atoms with Crippen molar-refractivity contribution in [1.29, 1.82) is 0 Å². The smallest absolute Gasteiger partial charge is 0.305 e. The highest BCUT2D eigenvalue weighted by molar-refractivity contribution is 7.17. The molecule has 1 amide bonds. The summed E-state index contributed by atoms with van der Waals surface area (Å²) in [4.78, 5) is 23.8. The van der Waals surface area contributed by atoms with Crippen LogP contribution in [0.25, 0.3) is 10.4 Å². The van der Waals surface area contributed by atoms with E-state index in [-0.39, 0.29) is 18.9 Å². The minimum Gasteiger partial charge on any atom is -0.481 e. The molecule has 2 aromatic rings. The summed E-state index contributed by atoms with van der Waals surface area (Å²) in [6.07, 6.45) is -0.0788. The third kappa shape index (κ3) is 4.14. The van der Waals surface area contributed by atoms with Gasteiger partial charge in [0.25, 0.3) is 5.91 Å². The second-order valence-electron chi connectivity index (χ2n) is 4.46. The van der Waals surface area contributed by atoms with E-state index >= 15 is 0 Å². The fourth-order valence-corrected chi connectivity index (χ4v) is 2.72. The van der Waals surface area contributed by atoms with Gasteiger partial charge in [-0.15, -0.1) is 11.3 Å². The van der Waals surface area contributed by atoms with E-state index in [0.717, 1.165) is 16.0 Å². The molecular formula is C15H16N2O3S. The number of hydrogen-bond acceptors (Lipinski definition) is 4. The zero-order valence-corrected chi connectivity index (χ0v) is 12.2. The number of thiophene rings is 1. The van der Waals surface area contributed by atoms with Crippen LogP contribution in [0.1, 0.15) is 21.7 Å². The topological polar surface area (TPSA) is 92.4 Å². The Bertz CT molecular complexity index is 635. The first-order chi connectivity index (χ1) is 10.1. The SMILES string of the molecule is NCc1ccc(-c2ccc(C(=O)NCCC(=O)O)s2)cc1. The summed E-state index contributed by atoms with van der Waals surface area (Å²) < 4.78 is 0. The fourth-order valence-electron chi connectivity index (χ4n) is 1.79. The molecular weight excluding hydrogens is 288 g/mol. The fraction of sp³-hybridized carbons (Fsp3) is 0.200. The van der Waals surface area contributed by atoms with Gasteiger partial charge in [0.05, 0.1) is 11.3 Å². The van der Waals surface area contributed by atoms with Crippen LogP contribution in [0.2, 0.25) is 0 Å². The molecule has 5 nitrogen and oxygen atoms in total. The highest BCUT2D eigenvalue weighted by Crippen LogP contribution is 2.28. The number of benzene rings is 1. The number of rotatable bonds is 6. The maximum atomic E-state index is 11.9. The average molecular weight is 304 g/mol. The third-order valence-electron chi connectivity index (χ3n) is 2.93. The molecule has 1 aromatic carbocycles. The molecule has 0 aliphatic heterocycles. The van der Waals surface area contributed by atoms with Crippen LogP contribution >= 0.6 is 11.3 Å². The van der Waals surface area contributed by atoms with E-state index in [2.05, 4.69) is 5.32 Å². The first-order valence-electron chi connectivity index (χ1n) is 6.49. The zero-order valence-electron chi connectivity index (χ0n) is 11.3. The van der Waals surface area contributed by atoms with Crippen LogP contribution in [0.15, 0.2) is 36.4 Å². The van der Waals surface area contributed by atoms with Crippen molar-refractivity contribution in [3.8, 4) is 10.4 Å². The van der Waals surface area contributed by atoms with Crippen LogP contribution in [0.5, 0.6) is 0 Å². The lowest BCUT2D eigenvalue weighted by atomic mass is 10.1. The molecule has 0 radical (unpaired) electrons. The Kier molecular flexibility index (Phi) is 5.08. The van der Waals surface area contributed by atoms with Crippen molar-refractivity contribution in [2.75, 3.05) is 6.54 Å². The molecule has 21 heavy (non-hydrogen) atoms. The summed E-state index contributed by atoms with van der Waals surface area (Å²) in [5, 5.41) is 11.1. The van der Waals surface area contributed by atoms with Crippen molar-refractivity contribution in [1.82, 2.24) is 5.32 Å². The van der Waals surface area contributed by atoms with Crippen LogP contribution in [-0.4, -0.2) is 23.5 Å². The highest BCUT2D eigenvalue weighted by atomic mass is 32.1. The van der Waals surface area contributed by atoms with Gasteiger partial charge < -0.3 is 16.2 Å². The van der Waals surface area contributed by atoms with Gasteiger partial charge in [-0.3, -0.25) is 9.59 Å². The lowest BCUT2D eigenvalue weighted by Gasteiger charge is -2.01. The number of amides is 1. The van der Waals surface area contributed by atoms with Crippen LogP contribution in [0, 0.1) is 0 Å². The van der Waals surface area contributed by atoms with Gasteiger partial charge in [0.15, 0.2) is 0 Å². The first kappa shape index (κ1) is 15.2. The van der Waals surface area contributed by atoms with Crippen molar-refractivity contribution < 1.29 is 14.7 Å². The average Bonchev–Trinajstić information content (AvgIpc) is 2.97. The lowest BCUT2D eigenvalue weighted by Crippen LogP contribution is -2.25. The Morgan fingerprint density at radius 1 is 1.14 bits per heavy atom. The quantitative estimate of drug-likeness (QED) is 0.762. The van der Waals surface area contributed by atoms with Gasteiger partial charge in [-0.1, -0.05) is 24.3 Å². The lowest BCUT2D eigenvalue weighted by molar-refractivity contribution is -0.136. The number of carbonyl (C=O) groups excluding carboxylic acids is 1. The van der Waals surface area contributed by atoms with Gasteiger partial charge in [0.2, 0.25) is 0 Å². The van der Waals surface area contributed by atoms with Crippen LogP contribution in [0.3, 0.4) is 0 Å². The zero-order chi connectivity index (χ0) is 15.2. The van der Waals surface area contributed by atoms with Gasteiger partial charge >= 0.3 is 5.97 Å². The Morgan fingerprint density at radius 3 is 2.48 bits per heavy atom. The number of carbonyl (C=O) groups is 2. The molecule has 0 aliphatic carbocycles. The summed E-state index contributed by atoms with van der Waals surface area (Å²) in [5.41, 5.74) is 7.64. The third-order valence-corrected chi connectivity index (χ3v) is 4.06. The predicted octanol–water partition coefficient (Wildman–Crippen LogP) is 2.08. The molecule has 110 valence electrons. The summed E-state index contributed by atoms with van der Waals surface area (Å²) in [6, 6.07) is 11.5. The largest absolute Gasteiger partial charge is 0.481 e. The molecule has 4 N–H and O–H groups in total. The Hall–Kier alpha value is -2.18. The number of nitrogens with one attached hydrogen (secondary N) is 1. The van der Waals surface area contributed by atoms with E-state index in [9.17, 15) is 9.59 Å². The Labute approximate surface area is 126 Å². The monoisotopic (exact) mass is 304 g/mol. The number of carboxylic acids is 1. The van der Waals surface area contributed by atoms with Gasteiger partial charge in [-0.25, -0.2) is 0 Å². The molecule has 0 saturated heterocycles. The van der Waals surface area contributed by atoms with E-state index in [1.54, 1.807) is 6.07 Å². The Morgan fingerprint density at radius 2 is 1.86 bits per heavy atom. The molecule has 1 aromatic heterocycles.